The Labute approximate surface area is 120 Å². The molecule has 0 atom stereocenters. The molecule has 5 heteroatoms. The van der Waals surface area contributed by atoms with E-state index in [1.165, 1.54) is 19.3 Å². The van der Waals surface area contributed by atoms with Crippen molar-refractivity contribution in [3.63, 3.8) is 0 Å². The van der Waals surface area contributed by atoms with Crippen molar-refractivity contribution in [1.29, 1.82) is 0 Å². The molecule has 0 aromatic rings. The van der Waals surface area contributed by atoms with Crippen LogP contribution in [0.5, 0.6) is 0 Å². The third kappa shape index (κ3) is 3.85. The van der Waals surface area contributed by atoms with Gasteiger partial charge in [0, 0.05) is 44.4 Å². The third-order valence-electron chi connectivity index (χ3n) is 4.21. The molecule has 0 unspecified atom stereocenters. The number of rotatable bonds is 3. The SMILES string of the molecule is O=C(CCCl)N1CCN(C(=O)C2CCCCC2)CC1. The molecule has 2 rings (SSSR count). The molecule has 1 saturated heterocycles. The number of nitrogens with zero attached hydrogens (tertiary/aromatic N) is 2. The van der Waals surface area contributed by atoms with Crippen molar-refractivity contribution in [1.82, 2.24) is 9.80 Å². The Morgan fingerprint density at radius 1 is 0.947 bits per heavy atom. The maximum atomic E-state index is 12.4. The van der Waals surface area contributed by atoms with Gasteiger partial charge in [-0.25, -0.2) is 0 Å². The van der Waals surface area contributed by atoms with Gasteiger partial charge < -0.3 is 9.80 Å². The Bertz CT molecular complexity index is 321. The number of hydrogen-bond donors (Lipinski definition) is 0. The molecule has 0 spiro atoms. The van der Waals surface area contributed by atoms with Crippen molar-refractivity contribution >= 4 is 23.4 Å². The van der Waals surface area contributed by atoms with Crippen molar-refractivity contribution in [3.8, 4) is 0 Å². The van der Waals surface area contributed by atoms with Gasteiger partial charge in [0.2, 0.25) is 11.8 Å². The molecule has 0 N–H and O–H groups in total. The molecule has 1 aliphatic carbocycles. The molecule has 4 nitrogen and oxygen atoms in total. The molecular weight excluding hydrogens is 264 g/mol. The van der Waals surface area contributed by atoms with E-state index in [1.807, 2.05) is 9.80 Å². The Hall–Kier alpha value is -0.770. The van der Waals surface area contributed by atoms with Crippen molar-refractivity contribution < 1.29 is 9.59 Å². The Morgan fingerprint density at radius 3 is 2.11 bits per heavy atom. The first kappa shape index (κ1) is 14.6. The highest BCUT2D eigenvalue weighted by atomic mass is 35.5. The van der Waals surface area contributed by atoms with Gasteiger partial charge >= 0.3 is 0 Å². The summed E-state index contributed by atoms with van der Waals surface area (Å²) in [5.41, 5.74) is 0. The predicted octanol–water partition coefficient (Wildman–Crippen LogP) is 1.87. The molecule has 2 aliphatic rings. The Balaban J connectivity index is 1.79. The van der Waals surface area contributed by atoms with E-state index in [2.05, 4.69) is 0 Å². The van der Waals surface area contributed by atoms with Gasteiger partial charge in [-0.1, -0.05) is 19.3 Å². The summed E-state index contributed by atoms with van der Waals surface area (Å²) in [6.45, 7) is 2.69. The van der Waals surface area contributed by atoms with Crippen LogP contribution in [0, 0.1) is 5.92 Å². The molecule has 108 valence electrons. The zero-order valence-electron chi connectivity index (χ0n) is 11.4. The van der Waals surface area contributed by atoms with Crippen LogP contribution in [0.3, 0.4) is 0 Å². The van der Waals surface area contributed by atoms with Crippen molar-refractivity contribution in [2.75, 3.05) is 32.1 Å². The molecule has 0 bridgehead atoms. The molecule has 1 saturated carbocycles. The highest BCUT2D eigenvalue weighted by Crippen LogP contribution is 2.25. The van der Waals surface area contributed by atoms with Crippen LogP contribution < -0.4 is 0 Å². The normalized spacial score (nSPS) is 21.5. The van der Waals surface area contributed by atoms with E-state index in [4.69, 9.17) is 11.6 Å². The fraction of sp³-hybridized carbons (Fsp3) is 0.857. The molecule has 0 aromatic carbocycles. The van der Waals surface area contributed by atoms with E-state index in [0.717, 1.165) is 12.8 Å². The first-order chi connectivity index (χ1) is 9.22. The van der Waals surface area contributed by atoms with E-state index >= 15 is 0 Å². The van der Waals surface area contributed by atoms with Gasteiger partial charge in [-0.3, -0.25) is 9.59 Å². The number of carbonyl (C=O) groups is 2. The number of hydrogen-bond acceptors (Lipinski definition) is 2. The number of alkyl halides is 1. The lowest BCUT2D eigenvalue weighted by Gasteiger charge is -2.37. The summed E-state index contributed by atoms with van der Waals surface area (Å²) in [5.74, 6) is 1.03. The Kier molecular flexibility index (Phi) is 5.49. The number of halogens is 1. The summed E-state index contributed by atoms with van der Waals surface area (Å²) in [4.78, 5) is 27.8. The van der Waals surface area contributed by atoms with Gasteiger partial charge in [0.15, 0.2) is 0 Å². The lowest BCUT2D eigenvalue weighted by molar-refractivity contribution is -0.142. The summed E-state index contributed by atoms with van der Waals surface area (Å²) in [6.07, 6.45) is 6.13. The van der Waals surface area contributed by atoms with Crippen LogP contribution in [0.25, 0.3) is 0 Å². The first-order valence-corrected chi connectivity index (χ1v) is 7.88. The average molecular weight is 287 g/mol. The second-order valence-electron chi connectivity index (χ2n) is 5.48. The summed E-state index contributed by atoms with van der Waals surface area (Å²) >= 11 is 5.58. The van der Waals surface area contributed by atoms with Gasteiger partial charge in [0.05, 0.1) is 0 Å². The second-order valence-corrected chi connectivity index (χ2v) is 5.86. The Morgan fingerprint density at radius 2 is 1.53 bits per heavy atom. The minimum absolute atomic E-state index is 0.111. The lowest BCUT2D eigenvalue weighted by Crippen LogP contribution is -2.52. The quantitative estimate of drug-likeness (QED) is 0.743. The van der Waals surface area contributed by atoms with Crippen molar-refractivity contribution in [3.05, 3.63) is 0 Å². The zero-order valence-corrected chi connectivity index (χ0v) is 12.2. The summed E-state index contributed by atoms with van der Waals surface area (Å²) in [7, 11) is 0. The first-order valence-electron chi connectivity index (χ1n) is 7.35. The summed E-state index contributed by atoms with van der Waals surface area (Å²) < 4.78 is 0. The van der Waals surface area contributed by atoms with Gasteiger partial charge in [0.1, 0.15) is 0 Å². The van der Waals surface area contributed by atoms with Crippen molar-refractivity contribution in [2.45, 2.75) is 38.5 Å². The molecule has 0 aromatic heterocycles. The topological polar surface area (TPSA) is 40.6 Å². The lowest BCUT2D eigenvalue weighted by atomic mass is 9.88. The zero-order chi connectivity index (χ0) is 13.7. The molecule has 2 fully saturated rings. The van der Waals surface area contributed by atoms with E-state index in [-0.39, 0.29) is 11.8 Å². The van der Waals surface area contributed by atoms with Crippen LogP contribution >= 0.6 is 11.6 Å². The molecule has 1 heterocycles. The number of piperazine rings is 1. The molecule has 1 aliphatic heterocycles. The monoisotopic (exact) mass is 286 g/mol. The predicted molar refractivity (Wildman–Crippen MR) is 75.1 cm³/mol. The maximum absolute atomic E-state index is 12.4. The average Bonchev–Trinajstić information content (AvgIpc) is 2.48. The molecule has 2 amide bonds. The third-order valence-corrected chi connectivity index (χ3v) is 4.40. The van der Waals surface area contributed by atoms with Crippen LogP contribution in [0.15, 0.2) is 0 Å². The van der Waals surface area contributed by atoms with E-state index < -0.39 is 0 Å². The van der Waals surface area contributed by atoms with Crippen LogP contribution in [-0.2, 0) is 9.59 Å². The van der Waals surface area contributed by atoms with Crippen LogP contribution in [-0.4, -0.2) is 53.7 Å². The van der Waals surface area contributed by atoms with Crippen molar-refractivity contribution in [2.24, 2.45) is 5.92 Å². The van der Waals surface area contributed by atoms with Crippen LogP contribution in [0.4, 0.5) is 0 Å². The van der Waals surface area contributed by atoms with E-state index in [0.29, 0.717) is 44.4 Å². The standard InChI is InChI=1S/C14H23ClN2O2/c15-7-6-13(18)16-8-10-17(11-9-16)14(19)12-4-2-1-3-5-12/h12H,1-11H2. The highest BCUT2D eigenvalue weighted by molar-refractivity contribution is 6.18. The smallest absolute Gasteiger partial charge is 0.225 e. The fourth-order valence-corrected chi connectivity index (χ4v) is 3.18. The highest BCUT2D eigenvalue weighted by Gasteiger charge is 2.29. The van der Waals surface area contributed by atoms with E-state index in [1.54, 1.807) is 0 Å². The van der Waals surface area contributed by atoms with E-state index in [9.17, 15) is 9.59 Å². The molecular formula is C14H23ClN2O2. The number of carbonyl (C=O) groups excluding carboxylic acids is 2. The fourth-order valence-electron chi connectivity index (χ4n) is 3.02. The maximum Gasteiger partial charge on any atom is 0.225 e. The van der Waals surface area contributed by atoms with Gasteiger partial charge in [-0.05, 0) is 12.8 Å². The summed E-state index contributed by atoms with van der Waals surface area (Å²) in [5, 5.41) is 0. The minimum Gasteiger partial charge on any atom is -0.339 e. The van der Waals surface area contributed by atoms with Gasteiger partial charge in [-0.2, -0.15) is 0 Å². The molecule has 19 heavy (non-hydrogen) atoms. The summed E-state index contributed by atoms with van der Waals surface area (Å²) in [6, 6.07) is 0. The minimum atomic E-state index is 0.111. The second kappa shape index (κ2) is 7.13. The van der Waals surface area contributed by atoms with Crippen LogP contribution in [0.2, 0.25) is 0 Å². The van der Waals surface area contributed by atoms with Crippen LogP contribution in [0.1, 0.15) is 38.5 Å². The molecule has 0 radical (unpaired) electrons. The van der Waals surface area contributed by atoms with Gasteiger partial charge in [0.25, 0.3) is 0 Å². The van der Waals surface area contributed by atoms with Gasteiger partial charge in [-0.15, -0.1) is 11.6 Å². The largest absolute Gasteiger partial charge is 0.339 e. The number of amides is 2.